The number of aryl methyl sites for hydroxylation is 1. The maximum absolute atomic E-state index is 5.74. The summed E-state index contributed by atoms with van der Waals surface area (Å²) < 4.78 is 13.4. The van der Waals surface area contributed by atoms with Crippen molar-refractivity contribution in [3.8, 4) is 0 Å². The van der Waals surface area contributed by atoms with Gasteiger partial charge in [-0.05, 0) is 33.2 Å². The highest BCUT2D eigenvalue weighted by Crippen LogP contribution is 2.20. The zero-order chi connectivity index (χ0) is 14.8. The van der Waals surface area contributed by atoms with Crippen molar-refractivity contribution in [3.05, 3.63) is 11.9 Å². The third-order valence-corrected chi connectivity index (χ3v) is 2.95. The number of aromatic nitrogens is 3. The number of nitrogens with zero attached hydrogens (tertiary/aromatic N) is 3. The normalized spacial score (nSPS) is 13.1. The Balaban J connectivity index is 2.92. The molecule has 1 N–H and O–H groups in total. The number of hydrogen-bond acceptors (Lipinski definition) is 5. The Morgan fingerprint density at radius 2 is 1.85 bits per heavy atom. The number of hydrogen-bond donors (Lipinski definition) is 1. The van der Waals surface area contributed by atoms with Crippen LogP contribution in [0.25, 0.3) is 0 Å². The van der Waals surface area contributed by atoms with Crippen molar-refractivity contribution in [3.63, 3.8) is 0 Å². The smallest absolute Gasteiger partial charge is 0.178 e. The molecule has 0 radical (unpaired) electrons. The van der Waals surface area contributed by atoms with Crippen LogP contribution in [-0.2, 0) is 16.0 Å². The highest BCUT2D eigenvalue weighted by atomic mass is 16.7. The summed E-state index contributed by atoms with van der Waals surface area (Å²) in [6, 6.07) is -0.0450. The van der Waals surface area contributed by atoms with Crippen molar-refractivity contribution in [2.24, 2.45) is 0 Å². The molecule has 6 nitrogen and oxygen atoms in total. The second kappa shape index (κ2) is 9.85. The van der Waals surface area contributed by atoms with E-state index in [2.05, 4.69) is 29.5 Å². The lowest BCUT2D eigenvalue weighted by atomic mass is 10.2. The molecule has 0 amide bonds. The van der Waals surface area contributed by atoms with Gasteiger partial charge in [0.05, 0.1) is 11.9 Å². The lowest BCUT2D eigenvalue weighted by Gasteiger charge is -2.27. The second-order valence-electron chi connectivity index (χ2n) is 4.59. The Kier molecular flexibility index (Phi) is 8.41. The van der Waals surface area contributed by atoms with Crippen molar-refractivity contribution < 1.29 is 9.47 Å². The van der Waals surface area contributed by atoms with E-state index in [0.717, 1.165) is 31.6 Å². The van der Waals surface area contributed by atoms with E-state index >= 15 is 0 Å². The molecule has 1 atom stereocenters. The lowest BCUT2D eigenvalue weighted by Crippen LogP contribution is -2.37. The lowest BCUT2D eigenvalue weighted by molar-refractivity contribution is -0.156. The monoisotopic (exact) mass is 284 g/mol. The minimum Gasteiger partial charge on any atom is -0.351 e. The molecule has 0 aromatic carbocycles. The molecule has 0 fully saturated rings. The maximum atomic E-state index is 5.74. The van der Waals surface area contributed by atoms with Gasteiger partial charge in [-0.25, -0.2) is 4.68 Å². The molecule has 0 saturated carbocycles. The van der Waals surface area contributed by atoms with E-state index < -0.39 is 0 Å². The van der Waals surface area contributed by atoms with Gasteiger partial charge in [0.25, 0.3) is 0 Å². The number of rotatable bonds is 11. The van der Waals surface area contributed by atoms with E-state index in [9.17, 15) is 0 Å². The standard InChI is InChI=1S/C14H28N4O2/c1-5-9-15-13(14(19-7-3)20-8-4)12-11-16-17-18(12)10-6-2/h11,13-15H,5-10H2,1-4H3. The van der Waals surface area contributed by atoms with E-state index in [0.29, 0.717) is 13.2 Å². The maximum Gasteiger partial charge on any atom is 0.178 e. The quantitative estimate of drug-likeness (QED) is 0.631. The first-order valence-electron chi connectivity index (χ1n) is 7.63. The van der Waals surface area contributed by atoms with Crippen molar-refractivity contribution in [2.45, 2.75) is 59.4 Å². The first-order chi connectivity index (χ1) is 9.78. The Labute approximate surface area is 121 Å². The van der Waals surface area contributed by atoms with Crippen LogP contribution in [0.5, 0.6) is 0 Å². The van der Waals surface area contributed by atoms with E-state index in [1.54, 1.807) is 6.20 Å². The molecule has 20 heavy (non-hydrogen) atoms. The van der Waals surface area contributed by atoms with Gasteiger partial charge in [0, 0.05) is 19.8 Å². The van der Waals surface area contributed by atoms with E-state index in [1.807, 2.05) is 18.5 Å². The van der Waals surface area contributed by atoms with Crippen LogP contribution < -0.4 is 5.32 Å². The van der Waals surface area contributed by atoms with Gasteiger partial charge >= 0.3 is 0 Å². The topological polar surface area (TPSA) is 61.2 Å². The summed E-state index contributed by atoms with van der Waals surface area (Å²) in [5.41, 5.74) is 1.02. The van der Waals surface area contributed by atoms with Gasteiger partial charge in [0.15, 0.2) is 6.29 Å². The zero-order valence-electron chi connectivity index (χ0n) is 13.1. The predicted molar refractivity (Wildman–Crippen MR) is 78.4 cm³/mol. The van der Waals surface area contributed by atoms with Gasteiger partial charge in [0.2, 0.25) is 0 Å². The van der Waals surface area contributed by atoms with Gasteiger partial charge in [-0.3, -0.25) is 0 Å². The third-order valence-electron chi connectivity index (χ3n) is 2.95. The molecule has 1 heterocycles. The molecule has 0 spiro atoms. The van der Waals surface area contributed by atoms with Crippen LogP contribution in [0.4, 0.5) is 0 Å². The first-order valence-corrected chi connectivity index (χ1v) is 7.63. The fraction of sp³-hybridized carbons (Fsp3) is 0.857. The van der Waals surface area contributed by atoms with Crippen LogP contribution in [0, 0.1) is 0 Å². The predicted octanol–water partition coefficient (Wildman–Crippen LogP) is 2.13. The Bertz CT molecular complexity index is 351. The van der Waals surface area contributed by atoms with E-state index in [4.69, 9.17) is 9.47 Å². The fourth-order valence-electron chi connectivity index (χ4n) is 2.10. The summed E-state index contributed by atoms with van der Waals surface area (Å²) in [6.45, 7) is 11.2. The molecule has 1 aromatic rings. The third kappa shape index (κ3) is 4.85. The summed E-state index contributed by atoms with van der Waals surface area (Å²) in [5, 5.41) is 11.7. The summed E-state index contributed by atoms with van der Waals surface area (Å²) in [5.74, 6) is 0. The van der Waals surface area contributed by atoms with Crippen molar-refractivity contribution in [2.75, 3.05) is 19.8 Å². The molecule has 116 valence electrons. The molecular formula is C14H28N4O2. The van der Waals surface area contributed by atoms with Gasteiger partial charge in [0.1, 0.15) is 6.04 Å². The molecule has 1 unspecified atom stereocenters. The Morgan fingerprint density at radius 3 is 2.40 bits per heavy atom. The molecular weight excluding hydrogens is 256 g/mol. The van der Waals surface area contributed by atoms with Gasteiger partial charge < -0.3 is 14.8 Å². The minimum absolute atomic E-state index is 0.0450. The van der Waals surface area contributed by atoms with E-state index in [1.165, 1.54) is 0 Å². The van der Waals surface area contributed by atoms with Gasteiger partial charge in [-0.15, -0.1) is 5.10 Å². The highest BCUT2D eigenvalue weighted by Gasteiger charge is 2.27. The van der Waals surface area contributed by atoms with Gasteiger partial charge in [-0.1, -0.05) is 19.1 Å². The average Bonchev–Trinajstić information content (AvgIpc) is 2.88. The molecule has 0 saturated heterocycles. The van der Waals surface area contributed by atoms with Crippen LogP contribution in [0.3, 0.4) is 0 Å². The van der Waals surface area contributed by atoms with Crippen molar-refractivity contribution >= 4 is 0 Å². The molecule has 0 bridgehead atoms. The summed E-state index contributed by atoms with van der Waals surface area (Å²) >= 11 is 0. The summed E-state index contributed by atoms with van der Waals surface area (Å²) in [6.07, 6.45) is 3.56. The molecule has 0 aliphatic heterocycles. The molecule has 0 aliphatic carbocycles. The van der Waals surface area contributed by atoms with Crippen LogP contribution in [-0.4, -0.2) is 41.0 Å². The summed E-state index contributed by atoms with van der Waals surface area (Å²) in [7, 11) is 0. The Hall–Kier alpha value is -0.980. The SMILES string of the molecule is CCCNC(c1cnnn1CCC)C(OCC)OCC. The van der Waals surface area contributed by atoms with Crippen molar-refractivity contribution in [1.29, 1.82) is 0 Å². The second-order valence-corrected chi connectivity index (χ2v) is 4.59. The zero-order valence-corrected chi connectivity index (χ0v) is 13.1. The molecule has 1 rings (SSSR count). The van der Waals surface area contributed by atoms with Crippen LogP contribution >= 0.6 is 0 Å². The highest BCUT2D eigenvalue weighted by molar-refractivity contribution is 5.04. The Morgan fingerprint density at radius 1 is 1.15 bits per heavy atom. The van der Waals surface area contributed by atoms with E-state index in [-0.39, 0.29) is 12.3 Å². The van der Waals surface area contributed by atoms with Crippen LogP contribution in [0.1, 0.15) is 52.3 Å². The molecule has 1 aromatic heterocycles. The summed E-state index contributed by atoms with van der Waals surface area (Å²) in [4.78, 5) is 0. The van der Waals surface area contributed by atoms with Crippen LogP contribution in [0.2, 0.25) is 0 Å². The first kappa shape index (κ1) is 17.1. The molecule has 6 heteroatoms. The number of ether oxygens (including phenoxy) is 2. The fourth-order valence-corrected chi connectivity index (χ4v) is 2.10. The minimum atomic E-state index is -0.314. The van der Waals surface area contributed by atoms with Crippen molar-refractivity contribution in [1.82, 2.24) is 20.3 Å². The largest absolute Gasteiger partial charge is 0.351 e. The van der Waals surface area contributed by atoms with Gasteiger partial charge in [-0.2, -0.15) is 0 Å². The molecule has 0 aliphatic rings. The average molecular weight is 284 g/mol. The number of nitrogens with one attached hydrogen (secondary N) is 1. The van der Waals surface area contributed by atoms with Crippen LogP contribution in [0.15, 0.2) is 6.20 Å².